The van der Waals surface area contributed by atoms with Crippen LogP contribution in [0, 0.1) is 0 Å². The summed E-state index contributed by atoms with van der Waals surface area (Å²) in [5.74, 6) is 0. The molecule has 0 radical (unpaired) electrons. The van der Waals surface area contributed by atoms with Gasteiger partial charge in [-0.1, -0.05) is 24.3 Å². The molecule has 3 heteroatoms. The second kappa shape index (κ2) is 4.31. The van der Waals surface area contributed by atoms with Crippen molar-refractivity contribution in [2.75, 3.05) is 19.8 Å². The van der Waals surface area contributed by atoms with Gasteiger partial charge in [-0.05, 0) is 17.5 Å². The van der Waals surface area contributed by atoms with Gasteiger partial charge in [0, 0.05) is 18.6 Å². The molecule has 82 valence electrons. The predicted octanol–water partition coefficient (Wildman–Crippen LogP) is 0.796. The van der Waals surface area contributed by atoms with Gasteiger partial charge in [-0.3, -0.25) is 0 Å². The first-order valence-electron chi connectivity index (χ1n) is 5.29. The normalized spacial score (nSPS) is 24.9. The molecule has 1 atom stereocenters. The van der Waals surface area contributed by atoms with Gasteiger partial charge in [-0.2, -0.15) is 0 Å². The van der Waals surface area contributed by atoms with Crippen molar-refractivity contribution in [3.63, 3.8) is 0 Å². The minimum absolute atomic E-state index is 0.148. The Hall–Kier alpha value is -0.900. The van der Waals surface area contributed by atoms with Crippen LogP contribution in [0.15, 0.2) is 24.3 Å². The first kappa shape index (κ1) is 10.6. The van der Waals surface area contributed by atoms with E-state index in [2.05, 4.69) is 12.1 Å². The molecule has 1 heterocycles. The zero-order chi connectivity index (χ0) is 10.7. The van der Waals surface area contributed by atoms with Crippen molar-refractivity contribution in [1.29, 1.82) is 0 Å². The van der Waals surface area contributed by atoms with Crippen LogP contribution in [-0.4, -0.2) is 24.9 Å². The third-order valence-corrected chi connectivity index (χ3v) is 3.21. The fraction of sp³-hybridized carbons (Fsp3) is 0.500. The summed E-state index contributed by atoms with van der Waals surface area (Å²) < 4.78 is 5.56. The minimum atomic E-state index is -0.191. The molecule has 0 saturated heterocycles. The fourth-order valence-electron chi connectivity index (χ4n) is 2.29. The van der Waals surface area contributed by atoms with Crippen molar-refractivity contribution in [2.45, 2.75) is 18.4 Å². The molecule has 0 saturated carbocycles. The highest BCUT2D eigenvalue weighted by atomic mass is 16.5. The Kier molecular flexibility index (Phi) is 3.05. The highest BCUT2D eigenvalue weighted by Crippen LogP contribution is 2.34. The zero-order valence-electron chi connectivity index (χ0n) is 8.78. The lowest BCUT2D eigenvalue weighted by molar-refractivity contribution is 0.0428. The molecular weight excluding hydrogens is 190 g/mol. The molecule has 0 fully saturated rings. The molecule has 15 heavy (non-hydrogen) atoms. The van der Waals surface area contributed by atoms with Gasteiger partial charge in [0.2, 0.25) is 0 Å². The van der Waals surface area contributed by atoms with Gasteiger partial charge in [-0.25, -0.2) is 0 Å². The maximum absolute atomic E-state index is 9.13. The molecule has 1 aliphatic heterocycles. The molecule has 1 aliphatic rings. The maximum Gasteiger partial charge on any atom is 0.0720 e. The summed E-state index contributed by atoms with van der Waals surface area (Å²) in [6.45, 7) is 1.93. The molecule has 0 spiro atoms. The second-order valence-electron chi connectivity index (χ2n) is 4.11. The van der Waals surface area contributed by atoms with Crippen LogP contribution in [-0.2, 0) is 16.8 Å². The Labute approximate surface area is 89.9 Å². The molecule has 3 nitrogen and oxygen atoms in total. The SMILES string of the molecule is NCC1(CCO)COCc2ccccc21. The van der Waals surface area contributed by atoms with E-state index in [4.69, 9.17) is 15.6 Å². The third kappa shape index (κ3) is 1.78. The Morgan fingerprint density at radius 3 is 2.93 bits per heavy atom. The average Bonchev–Trinajstić information content (AvgIpc) is 2.30. The lowest BCUT2D eigenvalue weighted by Gasteiger charge is -2.37. The summed E-state index contributed by atoms with van der Waals surface area (Å²) in [6, 6.07) is 8.19. The van der Waals surface area contributed by atoms with E-state index in [0.717, 1.165) is 0 Å². The van der Waals surface area contributed by atoms with Crippen LogP contribution in [0.25, 0.3) is 0 Å². The van der Waals surface area contributed by atoms with E-state index in [1.165, 1.54) is 11.1 Å². The van der Waals surface area contributed by atoms with Crippen LogP contribution in [0.4, 0.5) is 0 Å². The van der Waals surface area contributed by atoms with Crippen molar-refractivity contribution in [2.24, 2.45) is 5.73 Å². The molecule has 1 aromatic rings. The van der Waals surface area contributed by atoms with E-state index in [0.29, 0.717) is 26.2 Å². The second-order valence-corrected chi connectivity index (χ2v) is 4.11. The number of ether oxygens (including phenoxy) is 1. The average molecular weight is 207 g/mol. The van der Waals surface area contributed by atoms with Crippen molar-refractivity contribution >= 4 is 0 Å². The Bertz CT molecular complexity index is 340. The van der Waals surface area contributed by atoms with Crippen molar-refractivity contribution in [3.05, 3.63) is 35.4 Å². The molecule has 0 bridgehead atoms. The zero-order valence-corrected chi connectivity index (χ0v) is 8.78. The van der Waals surface area contributed by atoms with Crippen molar-refractivity contribution < 1.29 is 9.84 Å². The van der Waals surface area contributed by atoms with Crippen LogP contribution in [0.3, 0.4) is 0 Å². The number of aliphatic hydroxyl groups is 1. The molecule has 1 unspecified atom stereocenters. The monoisotopic (exact) mass is 207 g/mol. The van der Waals surface area contributed by atoms with E-state index in [1.54, 1.807) is 0 Å². The summed E-state index contributed by atoms with van der Waals surface area (Å²) in [5.41, 5.74) is 8.10. The topological polar surface area (TPSA) is 55.5 Å². The van der Waals surface area contributed by atoms with E-state index in [-0.39, 0.29) is 12.0 Å². The number of nitrogens with two attached hydrogens (primary N) is 1. The standard InChI is InChI=1S/C12H17NO2/c13-8-12(5-6-14)9-15-7-10-3-1-2-4-11(10)12/h1-4,14H,5-9,13H2. The first-order chi connectivity index (χ1) is 7.32. The summed E-state index contributed by atoms with van der Waals surface area (Å²) >= 11 is 0. The lowest BCUT2D eigenvalue weighted by Crippen LogP contribution is -2.43. The predicted molar refractivity (Wildman–Crippen MR) is 58.5 cm³/mol. The Balaban J connectivity index is 2.42. The summed E-state index contributed by atoms with van der Waals surface area (Å²) in [7, 11) is 0. The van der Waals surface area contributed by atoms with Crippen molar-refractivity contribution in [3.8, 4) is 0 Å². The van der Waals surface area contributed by atoms with Crippen LogP contribution in [0.1, 0.15) is 17.5 Å². The fourth-order valence-corrected chi connectivity index (χ4v) is 2.29. The summed E-state index contributed by atoms with van der Waals surface area (Å²) in [5, 5.41) is 9.13. The van der Waals surface area contributed by atoms with Crippen LogP contribution in [0.2, 0.25) is 0 Å². The Morgan fingerprint density at radius 2 is 2.20 bits per heavy atom. The summed E-state index contributed by atoms with van der Waals surface area (Å²) in [4.78, 5) is 0. The number of benzene rings is 1. The number of fused-ring (bicyclic) bond motifs is 1. The largest absolute Gasteiger partial charge is 0.396 e. The van der Waals surface area contributed by atoms with E-state index in [9.17, 15) is 0 Å². The van der Waals surface area contributed by atoms with Gasteiger partial charge in [0.15, 0.2) is 0 Å². The molecule has 2 rings (SSSR count). The number of rotatable bonds is 3. The molecule has 3 N–H and O–H groups in total. The van der Waals surface area contributed by atoms with Gasteiger partial charge in [0.05, 0.1) is 13.2 Å². The van der Waals surface area contributed by atoms with E-state index in [1.807, 2.05) is 12.1 Å². The highest BCUT2D eigenvalue weighted by molar-refractivity contribution is 5.36. The number of hydrogen-bond acceptors (Lipinski definition) is 3. The van der Waals surface area contributed by atoms with Crippen LogP contribution < -0.4 is 5.73 Å². The minimum Gasteiger partial charge on any atom is -0.396 e. The molecule has 0 aromatic heterocycles. The maximum atomic E-state index is 9.13. The van der Waals surface area contributed by atoms with Crippen LogP contribution >= 0.6 is 0 Å². The van der Waals surface area contributed by atoms with Gasteiger partial charge in [-0.15, -0.1) is 0 Å². The number of aliphatic hydroxyl groups excluding tert-OH is 1. The van der Waals surface area contributed by atoms with Gasteiger partial charge in [0.1, 0.15) is 0 Å². The van der Waals surface area contributed by atoms with Gasteiger partial charge < -0.3 is 15.6 Å². The summed E-state index contributed by atoms with van der Waals surface area (Å²) in [6.07, 6.45) is 0.667. The Morgan fingerprint density at radius 1 is 1.40 bits per heavy atom. The molecule has 0 aliphatic carbocycles. The number of hydrogen-bond donors (Lipinski definition) is 2. The highest BCUT2D eigenvalue weighted by Gasteiger charge is 2.35. The quantitative estimate of drug-likeness (QED) is 0.770. The first-order valence-corrected chi connectivity index (χ1v) is 5.29. The molecular formula is C12H17NO2. The van der Waals surface area contributed by atoms with Crippen molar-refractivity contribution in [1.82, 2.24) is 0 Å². The smallest absolute Gasteiger partial charge is 0.0720 e. The molecule has 1 aromatic carbocycles. The van der Waals surface area contributed by atoms with Crippen LogP contribution in [0.5, 0.6) is 0 Å². The van der Waals surface area contributed by atoms with E-state index < -0.39 is 0 Å². The molecule has 0 amide bonds. The lowest BCUT2D eigenvalue weighted by atomic mass is 9.75. The van der Waals surface area contributed by atoms with E-state index >= 15 is 0 Å². The van der Waals surface area contributed by atoms with Gasteiger partial charge in [0.25, 0.3) is 0 Å². The van der Waals surface area contributed by atoms with Gasteiger partial charge >= 0.3 is 0 Å². The third-order valence-electron chi connectivity index (χ3n) is 3.21.